The van der Waals surface area contributed by atoms with Crippen molar-refractivity contribution in [2.75, 3.05) is 18.5 Å². The van der Waals surface area contributed by atoms with Crippen LogP contribution >= 0.6 is 0 Å². The first-order valence-electron chi connectivity index (χ1n) is 9.86. The van der Waals surface area contributed by atoms with Gasteiger partial charge in [-0.25, -0.2) is 8.42 Å². The highest BCUT2D eigenvalue weighted by atomic mass is 32.2. The number of nitrogens with one attached hydrogen (secondary N) is 1. The van der Waals surface area contributed by atoms with Crippen LogP contribution in [0.5, 0.6) is 0 Å². The number of anilines is 1. The number of nitrogens with zero attached hydrogens (tertiary/aromatic N) is 3. The normalized spacial score (nSPS) is 18.2. The standard InChI is InChI=1S/C20H23F3N4O4S/c1-26-17(13-18(25-26)20(21,22)23)19(29)24-14-7-9-16(10-8-14)32(30,31)27-11-3-2-5-15(27)6-4-12-28/h4,6-10,13,15,28H,2-3,5,11-12H2,1H3,(H,24,29). The quantitative estimate of drug-likeness (QED) is 0.630. The van der Waals surface area contributed by atoms with Crippen LogP contribution in [0.25, 0.3) is 0 Å². The maximum Gasteiger partial charge on any atom is 0.435 e. The Labute approximate surface area is 183 Å². The third-order valence-electron chi connectivity index (χ3n) is 5.08. The molecular weight excluding hydrogens is 449 g/mol. The lowest BCUT2D eigenvalue weighted by Crippen LogP contribution is -2.42. The topological polar surface area (TPSA) is 105 Å². The highest BCUT2D eigenvalue weighted by Crippen LogP contribution is 2.29. The number of alkyl halides is 3. The van der Waals surface area contributed by atoms with Gasteiger partial charge in [-0.15, -0.1) is 0 Å². The molecule has 1 atom stereocenters. The predicted octanol–water partition coefficient (Wildman–Crippen LogP) is 2.78. The Morgan fingerprint density at radius 2 is 1.97 bits per heavy atom. The van der Waals surface area contributed by atoms with Gasteiger partial charge in [-0.3, -0.25) is 9.48 Å². The fourth-order valence-electron chi connectivity index (χ4n) is 3.50. The number of hydrogen-bond donors (Lipinski definition) is 2. The number of sulfonamides is 1. The molecule has 0 spiro atoms. The molecule has 1 aromatic carbocycles. The summed E-state index contributed by atoms with van der Waals surface area (Å²) >= 11 is 0. The third-order valence-corrected chi connectivity index (χ3v) is 7.02. The van der Waals surface area contributed by atoms with E-state index in [4.69, 9.17) is 5.11 Å². The summed E-state index contributed by atoms with van der Waals surface area (Å²) in [6, 6.07) is 5.69. The van der Waals surface area contributed by atoms with E-state index in [9.17, 15) is 26.4 Å². The summed E-state index contributed by atoms with van der Waals surface area (Å²) in [7, 11) is -2.59. The lowest BCUT2D eigenvalue weighted by atomic mass is 10.0. The smallest absolute Gasteiger partial charge is 0.392 e. The van der Waals surface area contributed by atoms with E-state index in [2.05, 4.69) is 10.4 Å². The zero-order chi connectivity index (χ0) is 23.5. The van der Waals surface area contributed by atoms with Crippen LogP contribution in [0, 0.1) is 0 Å². The summed E-state index contributed by atoms with van der Waals surface area (Å²) in [6.45, 7) is 0.170. The maximum atomic E-state index is 13.1. The first kappa shape index (κ1) is 24.0. The van der Waals surface area contributed by atoms with E-state index in [1.54, 1.807) is 6.08 Å². The molecule has 1 fully saturated rings. The fraction of sp³-hybridized carbons (Fsp3) is 0.400. The number of aliphatic hydroxyl groups is 1. The molecule has 32 heavy (non-hydrogen) atoms. The van der Waals surface area contributed by atoms with E-state index in [1.165, 1.54) is 41.7 Å². The Hall–Kier alpha value is -2.70. The Morgan fingerprint density at radius 1 is 1.28 bits per heavy atom. The van der Waals surface area contributed by atoms with Gasteiger partial charge >= 0.3 is 6.18 Å². The van der Waals surface area contributed by atoms with Crippen LogP contribution in [-0.2, 0) is 23.2 Å². The summed E-state index contributed by atoms with van der Waals surface area (Å²) < 4.78 is 66.7. The summed E-state index contributed by atoms with van der Waals surface area (Å²) in [5.74, 6) is -0.809. The van der Waals surface area contributed by atoms with Crippen molar-refractivity contribution < 1.29 is 31.5 Å². The monoisotopic (exact) mass is 472 g/mol. The average Bonchev–Trinajstić information content (AvgIpc) is 3.15. The molecule has 2 heterocycles. The van der Waals surface area contributed by atoms with E-state index >= 15 is 0 Å². The highest BCUT2D eigenvalue weighted by Gasteiger charge is 2.35. The zero-order valence-electron chi connectivity index (χ0n) is 17.2. The van der Waals surface area contributed by atoms with E-state index in [1.807, 2.05) is 0 Å². The number of halogens is 3. The molecule has 0 aliphatic carbocycles. The highest BCUT2D eigenvalue weighted by molar-refractivity contribution is 7.89. The largest absolute Gasteiger partial charge is 0.435 e. The van der Waals surface area contributed by atoms with Crippen molar-refractivity contribution in [3.63, 3.8) is 0 Å². The molecule has 0 saturated carbocycles. The van der Waals surface area contributed by atoms with E-state index in [0.717, 1.165) is 17.5 Å². The lowest BCUT2D eigenvalue weighted by molar-refractivity contribution is -0.141. The van der Waals surface area contributed by atoms with Gasteiger partial charge in [0.25, 0.3) is 5.91 Å². The number of rotatable bonds is 6. The Morgan fingerprint density at radius 3 is 2.56 bits per heavy atom. The number of amides is 1. The van der Waals surface area contributed by atoms with Crippen LogP contribution in [0.15, 0.2) is 47.4 Å². The van der Waals surface area contributed by atoms with Gasteiger partial charge < -0.3 is 10.4 Å². The molecule has 1 saturated heterocycles. The van der Waals surface area contributed by atoms with Crippen molar-refractivity contribution >= 4 is 21.6 Å². The molecule has 1 amide bonds. The van der Waals surface area contributed by atoms with Gasteiger partial charge in [0, 0.05) is 31.4 Å². The molecule has 3 rings (SSSR count). The molecule has 1 aliphatic rings. The van der Waals surface area contributed by atoms with Crippen LogP contribution in [0.2, 0.25) is 0 Å². The fourth-order valence-corrected chi connectivity index (χ4v) is 5.15. The van der Waals surface area contributed by atoms with E-state index in [-0.39, 0.29) is 28.9 Å². The average molecular weight is 472 g/mol. The van der Waals surface area contributed by atoms with Gasteiger partial charge in [0.2, 0.25) is 10.0 Å². The van der Waals surface area contributed by atoms with Crippen LogP contribution < -0.4 is 5.32 Å². The third kappa shape index (κ3) is 5.19. The molecule has 0 radical (unpaired) electrons. The van der Waals surface area contributed by atoms with Gasteiger partial charge in [-0.1, -0.05) is 18.6 Å². The minimum absolute atomic E-state index is 0.0275. The van der Waals surface area contributed by atoms with Crippen molar-refractivity contribution in [3.8, 4) is 0 Å². The number of hydrogen-bond acceptors (Lipinski definition) is 5. The number of aromatic nitrogens is 2. The van der Waals surface area contributed by atoms with Crippen molar-refractivity contribution in [1.29, 1.82) is 0 Å². The number of aliphatic hydroxyl groups excluding tert-OH is 1. The minimum Gasteiger partial charge on any atom is -0.392 e. The zero-order valence-corrected chi connectivity index (χ0v) is 18.0. The van der Waals surface area contributed by atoms with Gasteiger partial charge in [-0.2, -0.15) is 22.6 Å². The second-order valence-electron chi connectivity index (χ2n) is 7.30. The molecule has 8 nitrogen and oxygen atoms in total. The molecule has 2 N–H and O–H groups in total. The second kappa shape index (κ2) is 9.43. The van der Waals surface area contributed by atoms with Gasteiger partial charge in [-0.05, 0) is 37.1 Å². The number of piperidine rings is 1. The van der Waals surface area contributed by atoms with Crippen molar-refractivity contribution in [3.05, 3.63) is 53.9 Å². The van der Waals surface area contributed by atoms with Crippen molar-refractivity contribution in [2.24, 2.45) is 7.05 Å². The summed E-state index contributed by atoms with van der Waals surface area (Å²) in [5, 5.41) is 14.7. The Balaban J connectivity index is 1.76. The van der Waals surface area contributed by atoms with Crippen LogP contribution in [0.1, 0.15) is 35.4 Å². The van der Waals surface area contributed by atoms with Gasteiger partial charge in [0.05, 0.1) is 11.5 Å². The molecule has 0 bridgehead atoms. The first-order chi connectivity index (χ1) is 15.0. The second-order valence-corrected chi connectivity index (χ2v) is 9.19. The molecule has 1 aliphatic heterocycles. The molecule has 1 unspecified atom stereocenters. The lowest BCUT2D eigenvalue weighted by Gasteiger charge is -2.33. The first-order valence-corrected chi connectivity index (χ1v) is 11.3. The number of carbonyl (C=O) groups excluding carboxylic acids is 1. The Bertz CT molecular complexity index is 1100. The van der Waals surface area contributed by atoms with E-state index in [0.29, 0.717) is 19.0 Å². The summed E-state index contributed by atoms with van der Waals surface area (Å²) in [5.41, 5.74) is -1.25. The van der Waals surface area contributed by atoms with Crippen LogP contribution in [-0.4, -0.2) is 52.7 Å². The van der Waals surface area contributed by atoms with Crippen LogP contribution in [0.3, 0.4) is 0 Å². The van der Waals surface area contributed by atoms with Gasteiger partial charge in [0.1, 0.15) is 5.69 Å². The van der Waals surface area contributed by atoms with Gasteiger partial charge in [0.15, 0.2) is 5.69 Å². The van der Waals surface area contributed by atoms with Crippen LogP contribution in [0.4, 0.5) is 18.9 Å². The molecule has 174 valence electrons. The minimum atomic E-state index is -4.68. The predicted molar refractivity (Wildman–Crippen MR) is 110 cm³/mol. The number of aryl methyl sites for hydroxylation is 1. The number of carbonyl (C=O) groups is 1. The Kier molecular flexibility index (Phi) is 7.06. The summed E-state index contributed by atoms with van der Waals surface area (Å²) in [6.07, 6.45) is 0.760. The van der Waals surface area contributed by atoms with Crippen molar-refractivity contribution in [2.45, 2.75) is 36.4 Å². The molecule has 1 aromatic heterocycles. The molecular formula is C20H23F3N4O4S. The SMILES string of the molecule is Cn1nc(C(F)(F)F)cc1C(=O)Nc1ccc(S(=O)(=O)N2CCCCC2C=CCO)cc1. The number of benzene rings is 1. The van der Waals surface area contributed by atoms with Crippen molar-refractivity contribution in [1.82, 2.24) is 14.1 Å². The summed E-state index contributed by atoms with van der Waals surface area (Å²) in [4.78, 5) is 12.4. The molecule has 2 aromatic rings. The van der Waals surface area contributed by atoms with E-state index < -0.39 is 27.8 Å². The molecule has 12 heteroatoms. The maximum absolute atomic E-state index is 13.1.